The van der Waals surface area contributed by atoms with Gasteiger partial charge in [0.15, 0.2) is 17.8 Å². The smallest absolute Gasteiger partial charge is 0.337 e. The molecule has 1 fully saturated rings. The van der Waals surface area contributed by atoms with Crippen LogP contribution < -0.4 is 0 Å². The first-order valence-corrected chi connectivity index (χ1v) is 5.67. The summed E-state index contributed by atoms with van der Waals surface area (Å²) in [4.78, 5) is 33.9. The van der Waals surface area contributed by atoms with Crippen LogP contribution in [0.5, 0.6) is 0 Å². The summed E-state index contributed by atoms with van der Waals surface area (Å²) in [7, 11) is 0. The summed E-state index contributed by atoms with van der Waals surface area (Å²) in [6.07, 6.45) is -1.35. The molecule has 2 atom stereocenters. The average molecular weight is 264 g/mol. The fourth-order valence-corrected chi connectivity index (χ4v) is 1.81. The van der Waals surface area contributed by atoms with Crippen LogP contribution in [0.25, 0.3) is 0 Å². The maximum absolute atomic E-state index is 11.7. The summed E-state index contributed by atoms with van der Waals surface area (Å²) in [6.45, 7) is -0.359. The van der Waals surface area contributed by atoms with Crippen molar-refractivity contribution in [1.82, 2.24) is 0 Å². The first-order valence-electron chi connectivity index (χ1n) is 5.67. The average Bonchev–Trinajstić information content (AvgIpc) is 2.79. The van der Waals surface area contributed by atoms with Gasteiger partial charge in [-0.25, -0.2) is 4.79 Å². The van der Waals surface area contributed by atoms with Gasteiger partial charge >= 0.3 is 11.9 Å². The fraction of sp³-hybridized carbons (Fsp3) is 0.308. The van der Waals surface area contributed by atoms with E-state index in [-0.39, 0.29) is 13.2 Å². The van der Waals surface area contributed by atoms with Gasteiger partial charge < -0.3 is 14.6 Å². The quantitative estimate of drug-likeness (QED) is 0.625. The van der Waals surface area contributed by atoms with Crippen LogP contribution in [0.4, 0.5) is 0 Å². The number of hydrogen-bond acceptors (Lipinski definition) is 5. The van der Waals surface area contributed by atoms with E-state index in [0.29, 0.717) is 0 Å². The highest BCUT2D eigenvalue weighted by atomic mass is 16.6. The second kappa shape index (κ2) is 5.62. The third kappa shape index (κ3) is 2.97. The molecule has 2 rings (SSSR count). The molecule has 0 aliphatic carbocycles. The van der Waals surface area contributed by atoms with Crippen LogP contribution in [0, 0.1) is 5.92 Å². The molecule has 19 heavy (non-hydrogen) atoms. The van der Waals surface area contributed by atoms with Crippen molar-refractivity contribution in [2.75, 3.05) is 6.61 Å². The predicted molar refractivity (Wildman–Crippen MR) is 62.1 cm³/mol. The molecule has 1 aliphatic heterocycles. The van der Waals surface area contributed by atoms with Gasteiger partial charge in [-0.3, -0.25) is 9.59 Å². The van der Waals surface area contributed by atoms with Gasteiger partial charge in [0, 0.05) is 0 Å². The van der Waals surface area contributed by atoms with Crippen molar-refractivity contribution in [2.45, 2.75) is 12.7 Å². The number of carbonyl (C=O) groups is 3. The molecule has 1 N–H and O–H groups in total. The van der Waals surface area contributed by atoms with E-state index in [1.165, 1.54) is 0 Å². The van der Waals surface area contributed by atoms with E-state index < -0.39 is 29.7 Å². The summed E-state index contributed by atoms with van der Waals surface area (Å²) in [5.41, 5.74) is 0.770. The first kappa shape index (κ1) is 13.2. The zero-order chi connectivity index (χ0) is 13.8. The van der Waals surface area contributed by atoms with Gasteiger partial charge in [0.2, 0.25) is 0 Å². The Bertz CT molecular complexity index is 495. The van der Waals surface area contributed by atoms with Crippen molar-refractivity contribution >= 4 is 17.7 Å². The standard InChI is InChI=1S/C13H12O6/c14-9-7-18-11(10(9)12(15)16)13(17)19-6-8-4-2-1-3-5-8/h1-5,10-11H,6-7H2,(H,15,16)/t10-,11-/m0/s1. The lowest BCUT2D eigenvalue weighted by Gasteiger charge is -2.12. The molecule has 0 bridgehead atoms. The van der Waals surface area contributed by atoms with Crippen LogP contribution in [0.15, 0.2) is 30.3 Å². The molecule has 0 spiro atoms. The van der Waals surface area contributed by atoms with Crippen LogP contribution in [0.1, 0.15) is 5.56 Å². The summed E-state index contributed by atoms with van der Waals surface area (Å²) < 4.78 is 9.85. The second-order valence-electron chi connectivity index (χ2n) is 4.11. The second-order valence-corrected chi connectivity index (χ2v) is 4.11. The molecule has 0 unspecified atom stereocenters. The molecule has 6 heteroatoms. The van der Waals surface area contributed by atoms with Crippen molar-refractivity contribution < 1.29 is 29.0 Å². The van der Waals surface area contributed by atoms with Crippen LogP contribution in [0.2, 0.25) is 0 Å². The Hall–Kier alpha value is -2.21. The van der Waals surface area contributed by atoms with E-state index in [9.17, 15) is 14.4 Å². The van der Waals surface area contributed by atoms with Crippen molar-refractivity contribution in [3.63, 3.8) is 0 Å². The molecule has 1 aliphatic rings. The zero-order valence-electron chi connectivity index (χ0n) is 9.94. The van der Waals surface area contributed by atoms with Gasteiger partial charge in [-0.2, -0.15) is 0 Å². The number of esters is 1. The Morgan fingerprint density at radius 2 is 2.00 bits per heavy atom. The number of carbonyl (C=O) groups excluding carboxylic acids is 2. The lowest BCUT2D eigenvalue weighted by atomic mass is 10.0. The Labute approximate surface area is 108 Å². The molecule has 1 heterocycles. The summed E-state index contributed by atoms with van der Waals surface area (Å²) in [6, 6.07) is 8.94. The topological polar surface area (TPSA) is 89.9 Å². The van der Waals surface area contributed by atoms with Crippen LogP contribution in [0.3, 0.4) is 0 Å². The van der Waals surface area contributed by atoms with Gasteiger partial charge in [0.05, 0.1) is 0 Å². The number of aliphatic carboxylic acids is 1. The minimum Gasteiger partial charge on any atom is -0.481 e. The van der Waals surface area contributed by atoms with E-state index in [1.807, 2.05) is 6.07 Å². The molecular weight excluding hydrogens is 252 g/mol. The normalized spacial score (nSPS) is 22.2. The number of ketones is 1. The van der Waals surface area contributed by atoms with Crippen molar-refractivity contribution in [3.05, 3.63) is 35.9 Å². The summed E-state index contributed by atoms with van der Waals surface area (Å²) in [5.74, 6) is -4.29. The van der Waals surface area contributed by atoms with Gasteiger partial charge in [0.1, 0.15) is 13.2 Å². The molecule has 100 valence electrons. The number of rotatable bonds is 4. The van der Waals surface area contributed by atoms with Gasteiger partial charge in [-0.1, -0.05) is 30.3 Å². The minimum atomic E-state index is -1.47. The fourth-order valence-electron chi connectivity index (χ4n) is 1.81. The zero-order valence-corrected chi connectivity index (χ0v) is 9.94. The monoisotopic (exact) mass is 264 g/mol. The molecule has 0 radical (unpaired) electrons. The number of benzene rings is 1. The van der Waals surface area contributed by atoms with E-state index in [1.54, 1.807) is 24.3 Å². The maximum Gasteiger partial charge on any atom is 0.337 e. The van der Waals surface area contributed by atoms with Crippen LogP contribution in [-0.2, 0) is 30.5 Å². The minimum absolute atomic E-state index is 0.0140. The highest BCUT2D eigenvalue weighted by molar-refractivity contribution is 6.05. The molecule has 1 saturated heterocycles. The highest BCUT2D eigenvalue weighted by Crippen LogP contribution is 2.20. The van der Waals surface area contributed by atoms with Crippen LogP contribution in [-0.4, -0.2) is 35.5 Å². The van der Waals surface area contributed by atoms with Crippen molar-refractivity contribution in [3.8, 4) is 0 Å². The lowest BCUT2D eigenvalue weighted by molar-refractivity contribution is -0.163. The lowest BCUT2D eigenvalue weighted by Crippen LogP contribution is -2.35. The third-order valence-corrected chi connectivity index (χ3v) is 2.78. The summed E-state index contributed by atoms with van der Waals surface area (Å²) in [5, 5.41) is 8.88. The number of ether oxygens (including phenoxy) is 2. The van der Waals surface area contributed by atoms with Crippen molar-refractivity contribution in [1.29, 1.82) is 0 Å². The number of carboxylic acid groups (broad SMARTS) is 1. The SMILES string of the molecule is O=C(O)[C@H]1C(=O)CO[C@@H]1C(=O)OCc1ccccc1. The van der Waals surface area contributed by atoms with Gasteiger partial charge in [0.25, 0.3) is 0 Å². The molecule has 0 amide bonds. The maximum atomic E-state index is 11.7. The third-order valence-electron chi connectivity index (χ3n) is 2.78. The molecule has 1 aromatic rings. The summed E-state index contributed by atoms with van der Waals surface area (Å²) >= 11 is 0. The first-order chi connectivity index (χ1) is 9.09. The Balaban J connectivity index is 1.96. The molecule has 1 aromatic carbocycles. The van der Waals surface area contributed by atoms with Crippen molar-refractivity contribution in [2.24, 2.45) is 5.92 Å². The van der Waals surface area contributed by atoms with E-state index in [2.05, 4.69) is 0 Å². The van der Waals surface area contributed by atoms with Crippen LogP contribution >= 0.6 is 0 Å². The Morgan fingerprint density at radius 3 is 2.63 bits per heavy atom. The molecular formula is C13H12O6. The molecule has 0 saturated carbocycles. The van der Waals surface area contributed by atoms with Gasteiger partial charge in [-0.15, -0.1) is 0 Å². The number of hydrogen-bond donors (Lipinski definition) is 1. The number of Topliss-reactive ketones (excluding diaryl/α,β-unsaturated/α-hetero) is 1. The highest BCUT2D eigenvalue weighted by Gasteiger charge is 2.46. The molecule has 6 nitrogen and oxygen atoms in total. The molecule has 0 aromatic heterocycles. The Kier molecular flexibility index (Phi) is 3.91. The van der Waals surface area contributed by atoms with E-state index in [0.717, 1.165) is 5.56 Å². The van der Waals surface area contributed by atoms with E-state index in [4.69, 9.17) is 14.6 Å². The predicted octanol–water partition coefficient (Wildman–Crippen LogP) is 0.398. The number of carboxylic acids is 1. The Morgan fingerprint density at radius 1 is 1.32 bits per heavy atom. The van der Waals surface area contributed by atoms with Gasteiger partial charge in [-0.05, 0) is 5.56 Å². The largest absolute Gasteiger partial charge is 0.481 e. The van der Waals surface area contributed by atoms with E-state index >= 15 is 0 Å².